The molecule has 0 aromatic heterocycles. The van der Waals surface area contributed by atoms with Crippen LogP contribution in [0.3, 0.4) is 0 Å². The Kier molecular flexibility index (Phi) is 4.15. The lowest BCUT2D eigenvalue weighted by Gasteiger charge is -2.27. The number of hydrogen-bond donors (Lipinski definition) is 0. The second-order valence-corrected chi connectivity index (χ2v) is 4.63. The summed E-state index contributed by atoms with van der Waals surface area (Å²) >= 11 is 5.83. The Bertz CT molecular complexity index is 459. The van der Waals surface area contributed by atoms with E-state index in [0.717, 1.165) is 18.5 Å². The molecule has 0 amide bonds. The van der Waals surface area contributed by atoms with Gasteiger partial charge in [0.1, 0.15) is 0 Å². The molecule has 1 heterocycles. The Labute approximate surface area is 110 Å². The molecule has 0 aliphatic carbocycles. The quantitative estimate of drug-likeness (QED) is 0.621. The van der Waals surface area contributed by atoms with Gasteiger partial charge in [-0.1, -0.05) is 23.7 Å². The number of rotatable bonds is 4. The molecule has 2 rings (SSSR count). The Hall–Kier alpha value is -1.62. The Morgan fingerprint density at radius 2 is 2.11 bits per heavy atom. The number of aliphatic imine (C=N–C) groups is 1. The Morgan fingerprint density at radius 3 is 2.78 bits per heavy atom. The number of amidine groups is 1. The van der Waals surface area contributed by atoms with Crippen molar-refractivity contribution in [3.8, 4) is 0 Å². The number of halogens is 1. The molecule has 0 saturated heterocycles. The molecule has 0 unspecified atom stereocenters. The first kappa shape index (κ1) is 12.8. The van der Waals surface area contributed by atoms with Gasteiger partial charge in [-0.05, 0) is 24.1 Å². The lowest BCUT2D eigenvalue weighted by molar-refractivity contribution is -0.464. The lowest BCUT2D eigenvalue weighted by Crippen LogP contribution is -2.39. The summed E-state index contributed by atoms with van der Waals surface area (Å²) in [6.07, 6.45) is 0.939. The third-order valence-electron chi connectivity index (χ3n) is 2.80. The van der Waals surface area contributed by atoms with Crippen molar-refractivity contribution in [2.45, 2.75) is 13.0 Å². The van der Waals surface area contributed by atoms with E-state index in [9.17, 15) is 10.1 Å². The van der Waals surface area contributed by atoms with Crippen molar-refractivity contribution in [3.05, 3.63) is 45.0 Å². The fourth-order valence-corrected chi connectivity index (χ4v) is 2.07. The predicted octanol–water partition coefficient (Wildman–Crippen LogP) is 2.22. The van der Waals surface area contributed by atoms with E-state index >= 15 is 0 Å². The molecular formula is C12H14ClN3O2. The summed E-state index contributed by atoms with van der Waals surface area (Å²) in [5, 5.41) is 11.3. The molecule has 0 radical (unpaired) electrons. The Balaban J connectivity index is 2.06. The summed E-state index contributed by atoms with van der Waals surface area (Å²) in [6, 6.07) is 7.51. The highest BCUT2D eigenvalue weighted by Gasteiger charge is 2.19. The van der Waals surface area contributed by atoms with Gasteiger partial charge in [0.25, 0.3) is 6.54 Å². The van der Waals surface area contributed by atoms with Crippen LogP contribution < -0.4 is 0 Å². The smallest absolute Gasteiger partial charge is 0.260 e. The fraction of sp³-hybridized carbons (Fsp3) is 0.417. The van der Waals surface area contributed by atoms with E-state index in [1.54, 1.807) is 0 Å². The van der Waals surface area contributed by atoms with Gasteiger partial charge in [0.15, 0.2) is 5.84 Å². The van der Waals surface area contributed by atoms with E-state index in [0.29, 0.717) is 23.9 Å². The molecule has 1 aromatic rings. The minimum atomic E-state index is -0.334. The molecular weight excluding hydrogens is 254 g/mol. The molecule has 0 spiro atoms. The van der Waals surface area contributed by atoms with Gasteiger partial charge in [-0.15, -0.1) is 0 Å². The third-order valence-corrected chi connectivity index (χ3v) is 3.05. The summed E-state index contributed by atoms with van der Waals surface area (Å²) < 4.78 is 0. The second-order valence-electron chi connectivity index (χ2n) is 4.19. The van der Waals surface area contributed by atoms with Crippen LogP contribution in [-0.2, 0) is 6.54 Å². The number of hydrogen-bond acceptors (Lipinski definition) is 4. The van der Waals surface area contributed by atoms with Crippen LogP contribution in [0.2, 0.25) is 5.02 Å². The zero-order valence-corrected chi connectivity index (χ0v) is 10.6. The van der Waals surface area contributed by atoms with Gasteiger partial charge >= 0.3 is 0 Å². The van der Waals surface area contributed by atoms with E-state index < -0.39 is 0 Å². The standard InChI is InChI=1S/C12H14ClN3O2/c13-11-4-2-10(3-5-11)8-15-7-1-6-14-12(15)9-16(17)18/h2-5H,1,6-9H2. The average molecular weight is 268 g/mol. The molecule has 5 nitrogen and oxygen atoms in total. The normalized spacial score (nSPS) is 15.4. The third kappa shape index (κ3) is 3.43. The SMILES string of the molecule is O=[N+]([O-])CC1=NCCCN1Cc1ccc(Cl)cc1. The number of nitro groups is 1. The van der Waals surface area contributed by atoms with Crippen molar-refractivity contribution >= 4 is 17.4 Å². The van der Waals surface area contributed by atoms with E-state index in [-0.39, 0.29) is 11.5 Å². The summed E-state index contributed by atoms with van der Waals surface area (Å²) in [5.74, 6) is 0.571. The molecule has 1 aliphatic heterocycles. The van der Waals surface area contributed by atoms with E-state index in [1.807, 2.05) is 29.2 Å². The highest BCUT2D eigenvalue weighted by Crippen LogP contribution is 2.13. The number of nitrogens with zero attached hydrogens (tertiary/aromatic N) is 3. The van der Waals surface area contributed by atoms with Crippen LogP contribution in [0.5, 0.6) is 0 Å². The molecule has 0 saturated carbocycles. The highest BCUT2D eigenvalue weighted by molar-refractivity contribution is 6.30. The monoisotopic (exact) mass is 267 g/mol. The predicted molar refractivity (Wildman–Crippen MR) is 70.6 cm³/mol. The molecule has 6 heteroatoms. The molecule has 96 valence electrons. The largest absolute Gasteiger partial charge is 0.350 e. The van der Waals surface area contributed by atoms with E-state index in [2.05, 4.69) is 4.99 Å². The molecule has 1 aliphatic rings. The molecule has 1 aromatic carbocycles. The van der Waals surface area contributed by atoms with Crippen LogP contribution in [-0.4, -0.2) is 35.3 Å². The van der Waals surface area contributed by atoms with Gasteiger partial charge in [0, 0.05) is 29.6 Å². The van der Waals surface area contributed by atoms with E-state index in [4.69, 9.17) is 11.6 Å². The maximum Gasteiger partial charge on any atom is 0.260 e. The molecule has 18 heavy (non-hydrogen) atoms. The van der Waals surface area contributed by atoms with Crippen molar-refractivity contribution in [2.75, 3.05) is 19.6 Å². The highest BCUT2D eigenvalue weighted by atomic mass is 35.5. The van der Waals surface area contributed by atoms with Crippen LogP contribution in [0.4, 0.5) is 0 Å². The second kappa shape index (κ2) is 5.82. The molecule has 0 fully saturated rings. The Morgan fingerprint density at radius 1 is 1.39 bits per heavy atom. The summed E-state index contributed by atoms with van der Waals surface area (Å²) in [4.78, 5) is 16.5. The van der Waals surface area contributed by atoms with Gasteiger partial charge in [-0.3, -0.25) is 15.1 Å². The molecule has 0 atom stereocenters. The van der Waals surface area contributed by atoms with Crippen LogP contribution >= 0.6 is 11.6 Å². The van der Waals surface area contributed by atoms with Crippen molar-refractivity contribution in [1.29, 1.82) is 0 Å². The van der Waals surface area contributed by atoms with Crippen LogP contribution in [0.25, 0.3) is 0 Å². The zero-order valence-electron chi connectivity index (χ0n) is 9.88. The maximum atomic E-state index is 10.6. The minimum Gasteiger partial charge on any atom is -0.350 e. The number of benzene rings is 1. The summed E-state index contributed by atoms with van der Waals surface area (Å²) in [5.41, 5.74) is 1.08. The first-order chi connectivity index (χ1) is 8.65. The van der Waals surface area contributed by atoms with E-state index in [1.165, 1.54) is 0 Å². The minimum absolute atomic E-state index is 0.201. The van der Waals surface area contributed by atoms with Crippen molar-refractivity contribution in [1.82, 2.24) is 4.90 Å². The molecule has 0 N–H and O–H groups in total. The average Bonchev–Trinajstić information content (AvgIpc) is 2.34. The first-order valence-corrected chi connectivity index (χ1v) is 6.17. The van der Waals surface area contributed by atoms with Crippen LogP contribution in [0.15, 0.2) is 29.3 Å². The first-order valence-electron chi connectivity index (χ1n) is 5.79. The fourth-order valence-electron chi connectivity index (χ4n) is 1.94. The van der Waals surface area contributed by atoms with Gasteiger partial charge in [0.2, 0.25) is 0 Å². The van der Waals surface area contributed by atoms with Gasteiger partial charge in [0.05, 0.1) is 0 Å². The maximum absolute atomic E-state index is 10.6. The van der Waals surface area contributed by atoms with Gasteiger partial charge in [-0.2, -0.15) is 0 Å². The summed E-state index contributed by atoms with van der Waals surface area (Å²) in [7, 11) is 0. The van der Waals surface area contributed by atoms with Crippen LogP contribution in [0.1, 0.15) is 12.0 Å². The lowest BCUT2D eigenvalue weighted by atomic mass is 10.2. The van der Waals surface area contributed by atoms with Crippen LogP contribution in [0, 0.1) is 10.1 Å². The summed E-state index contributed by atoms with van der Waals surface area (Å²) in [6.45, 7) is 1.94. The van der Waals surface area contributed by atoms with Gasteiger partial charge in [-0.25, -0.2) is 0 Å². The topological polar surface area (TPSA) is 58.7 Å². The van der Waals surface area contributed by atoms with Crippen molar-refractivity contribution < 1.29 is 4.92 Å². The zero-order chi connectivity index (χ0) is 13.0. The molecule has 0 bridgehead atoms. The van der Waals surface area contributed by atoms with Crippen molar-refractivity contribution in [3.63, 3.8) is 0 Å². The van der Waals surface area contributed by atoms with Gasteiger partial charge < -0.3 is 4.90 Å². The van der Waals surface area contributed by atoms with Crippen molar-refractivity contribution in [2.24, 2.45) is 4.99 Å².